The Hall–Kier alpha value is -3.88. The topological polar surface area (TPSA) is 127 Å². The van der Waals surface area contributed by atoms with Crippen LogP contribution in [0.4, 0.5) is 5.82 Å². The number of aryl methyl sites for hydroxylation is 3. The number of nitrogens with zero attached hydrogens (tertiary/aromatic N) is 2. The minimum absolute atomic E-state index is 0.00943. The smallest absolute Gasteiger partial charge is 0.305 e. The fraction of sp³-hybridized carbons (Fsp3) is 0.448. The third-order valence-corrected chi connectivity index (χ3v) is 7.67. The minimum Gasteiger partial charge on any atom is -0.481 e. The van der Waals surface area contributed by atoms with Crippen molar-refractivity contribution in [3.8, 4) is 0 Å². The molecule has 0 radical (unpaired) electrons. The summed E-state index contributed by atoms with van der Waals surface area (Å²) < 4.78 is 0. The van der Waals surface area contributed by atoms with E-state index < -0.39 is 12.0 Å². The van der Waals surface area contributed by atoms with Crippen LogP contribution in [0.1, 0.15) is 48.9 Å². The summed E-state index contributed by atoms with van der Waals surface area (Å²) in [6, 6.07) is 11.6. The summed E-state index contributed by atoms with van der Waals surface area (Å²) in [5.41, 5.74) is 4.35. The quantitative estimate of drug-likeness (QED) is 0.309. The Morgan fingerprint density at radius 3 is 2.92 bits per heavy atom. The maximum atomic E-state index is 13.0. The second-order valence-corrected chi connectivity index (χ2v) is 10.4. The van der Waals surface area contributed by atoms with Gasteiger partial charge in [-0.1, -0.05) is 24.3 Å². The third kappa shape index (κ3) is 6.15. The molecule has 2 atom stereocenters. The van der Waals surface area contributed by atoms with E-state index >= 15 is 0 Å². The maximum absolute atomic E-state index is 13.0. The van der Waals surface area contributed by atoms with Crippen molar-refractivity contribution in [2.45, 2.75) is 57.4 Å². The number of hydrogen-bond donors (Lipinski definition) is 4. The van der Waals surface area contributed by atoms with E-state index in [9.17, 15) is 19.5 Å². The molecular weight excluding hydrogens is 482 g/mol. The molecule has 0 unspecified atom stereocenters. The number of H-pyrrole nitrogens is 1. The molecule has 0 saturated carbocycles. The number of anilines is 1. The van der Waals surface area contributed by atoms with Gasteiger partial charge in [-0.2, -0.15) is 0 Å². The molecule has 0 spiro atoms. The first-order chi connectivity index (χ1) is 18.5. The fourth-order valence-electron chi connectivity index (χ4n) is 5.61. The van der Waals surface area contributed by atoms with Gasteiger partial charge in [0.2, 0.25) is 11.8 Å². The zero-order valence-electron chi connectivity index (χ0n) is 21.5. The SMILES string of the molecule is O=C(O)C[C@@H](CCc1c[nH]c2ccccc12)NC(=O)CN1CC[C@@H](CCc2ccc3c(n2)NCCC3)C1=O. The Bertz CT molecular complexity index is 1320. The van der Waals surface area contributed by atoms with Gasteiger partial charge in [0.05, 0.1) is 13.0 Å². The average Bonchev–Trinajstić information content (AvgIpc) is 3.48. The zero-order chi connectivity index (χ0) is 26.5. The van der Waals surface area contributed by atoms with Crippen molar-refractivity contribution in [3.05, 3.63) is 59.4 Å². The lowest BCUT2D eigenvalue weighted by molar-refractivity contribution is -0.138. The molecule has 2 aromatic heterocycles. The molecule has 9 nitrogen and oxygen atoms in total. The van der Waals surface area contributed by atoms with Gasteiger partial charge in [-0.25, -0.2) is 4.98 Å². The number of hydrogen-bond acceptors (Lipinski definition) is 5. The second-order valence-electron chi connectivity index (χ2n) is 10.4. The van der Waals surface area contributed by atoms with Crippen molar-refractivity contribution < 1.29 is 19.5 Å². The molecule has 2 amide bonds. The molecule has 38 heavy (non-hydrogen) atoms. The number of carboxylic acids is 1. The van der Waals surface area contributed by atoms with Crippen molar-refractivity contribution in [3.63, 3.8) is 0 Å². The van der Waals surface area contributed by atoms with E-state index in [0.29, 0.717) is 32.2 Å². The van der Waals surface area contributed by atoms with Crippen molar-refractivity contribution in [2.75, 3.05) is 25.0 Å². The Balaban J connectivity index is 1.11. The van der Waals surface area contributed by atoms with Gasteiger partial charge in [0.25, 0.3) is 0 Å². The van der Waals surface area contributed by atoms with Crippen LogP contribution in [-0.2, 0) is 33.6 Å². The van der Waals surface area contributed by atoms with Gasteiger partial charge in [0.1, 0.15) is 5.82 Å². The predicted octanol–water partition coefficient (Wildman–Crippen LogP) is 3.29. The van der Waals surface area contributed by atoms with Crippen LogP contribution in [0.3, 0.4) is 0 Å². The molecule has 2 aliphatic heterocycles. The normalized spacial score (nSPS) is 17.7. The number of rotatable bonds is 11. The maximum Gasteiger partial charge on any atom is 0.305 e. The highest BCUT2D eigenvalue weighted by Gasteiger charge is 2.32. The second kappa shape index (κ2) is 11.7. The number of carbonyl (C=O) groups excluding carboxylic acids is 2. The summed E-state index contributed by atoms with van der Waals surface area (Å²) in [6.45, 7) is 1.44. The molecule has 1 saturated heterocycles. The number of fused-ring (bicyclic) bond motifs is 2. The number of carboxylic acid groups (broad SMARTS) is 1. The van der Waals surface area contributed by atoms with Gasteiger partial charge in [0, 0.05) is 47.8 Å². The molecule has 200 valence electrons. The highest BCUT2D eigenvalue weighted by molar-refractivity contribution is 5.87. The summed E-state index contributed by atoms with van der Waals surface area (Å²) in [4.78, 5) is 46.8. The number of aromatic nitrogens is 2. The van der Waals surface area contributed by atoms with Crippen LogP contribution in [0.25, 0.3) is 10.9 Å². The van der Waals surface area contributed by atoms with Gasteiger partial charge in [0.15, 0.2) is 0 Å². The monoisotopic (exact) mass is 517 g/mol. The van der Waals surface area contributed by atoms with Crippen LogP contribution in [0.15, 0.2) is 42.6 Å². The summed E-state index contributed by atoms with van der Waals surface area (Å²) in [7, 11) is 0. The molecule has 0 aliphatic carbocycles. The number of likely N-dealkylation sites (tertiary alicyclic amines) is 1. The van der Waals surface area contributed by atoms with Crippen LogP contribution < -0.4 is 10.6 Å². The molecule has 0 bridgehead atoms. The zero-order valence-corrected chi connectivity index (χ0v) is 21.5. The lowest BCUT2D eigenvalue weighted by Gasteiger charge is -2.21. The lowest BCUT2D eigenvalue weighted by Crippen LogP contribution is -2.44. The molecule has 5 rings (SSSR count). The van der Waals surface area contributed by atoms with Crippen molar-refractivity contribution >= 4 is 34.5 Å². The Morgan fingerprint density at radius 1 is 1.18 bits per heavy atom. The number of aliphatic carboxylic acids is 1. The minimum atomic E-state index is -0.961. The van der Waals surface area contributed by atoms with Gasteiger partial charge in [-0.05, 0) is 68.2 Å². The molecule has 1 aromatic carbocycles. The van der Waals surface area contributed by atoms with E-state index in [0.717, 1.165) is 53.8 Å². The number of para-hydroxylation sites is 1. The molecular formula is C29H35N5O4. The highest BCUT2D eigenvalue weighted by atomic mass is 16.4. The van der Waals surface area contributed by atoms with E-state index in [1.54, 1.807) is 4.90 Å². The number of carbonyl (C=O) groups is 3. The number of nitrogens with one attached hydrogen (secondary N) is 3. The lowest BCUT2D eigenvalue weighted by atomic mass is 9.99. The molecule has 9 heteroatoms. The Kier molecular flexibility index (Phi) is 7.91. The predicted molar refractivity (Wildman–Crippen MR) is 145 cm³/mol. The fourth-order valence-corrected chi connectivity index (χ4v) is 5.61. The van der Waals surface area contributed by atoms with Crippen molar-refractivity contribution in [2.24, 2.45) is 5.92 Å². The number of benzene rings is 1. The van der Waals surface area contributed by atoms with E-state index in [2.05, 4.69) is 27.8 Å². The first-order valence-corrected chi connectivity index (χ1v) is 13.5. The average molecular weight is 518 g/mol. The Labute approximate surface area is 222 Å². The van der Waals surface area contributed by atoms with Crippen LogP contribution in [0.5, 0.6) is 0 Å². The molecule has 4 N–H and O–H groups in total. The molecule has 3 aromatic rings. The van der Waals surface area contributed by atoms with Gasteiger partial charge in [-0.15, -0.1) is 0 Å². The van der Waals surface area contributed by atoms with Crippen molar-refractivity contribution in [1.29, 1.82) is 0 Å². The van der Waals surface area contributed by atoms with Crippen LogP contribution in [0.2, 0.25) is 0 Å². The van der Waals surface area contributed by atoms with E-state index in [1.807, 2.05) is 30.5 Å². The van der Waals surface area contributed by atoms with Gasteiger partial charge in [-0.3, -0.25) is 14.4 Å². The third-order valence-electron chi connectivity index (χ3n) is 7.67. The van der Waals surface area contributed by atoms with Crippen LogP contribution in [-0.4, -0.2) is 63.4 Å². The summed E-state index contributed by atoms with van der Waals surface area (Å²) >= 11 is 0. The molecule has 1 fully saturated rings. The largest absolute Gasteiger partial charge is 0.481 e. The van der Waals surface area contributed by atoms with Crippen molar-refractivity contribution in [1.82, 2.24) is 20.2 Å². The standard InChI is InChI=1S/C29H35N5O4/c35-26(32-23(16-27(36)37)12-9-21-17-31-25-6-2-1-5-24(21)25)18-34-15-13-20(29(34)38)8-11-22-10-7-19-4-3-14-30-28(19)33-22/h1-2,5-7,10,17,20,23,31H,3-4,8-9,11-16,18H2,(H,30,33)(H,32,35)(H,36,37)/t20-,23-/m1/s1. The summed E-state index contributed by atoms with van der Waals surface area (Å²) in [6.07, 6.45) is 7.22. The van der Waals surface area contributed by atoms with Crippen LogP contribution in [0, 0.1) is 5.92 Å². The number of amides is 2. The summed E-state index contributed by atoms with van der Waals surface area (Å²) in [5.74, 6) is -0.440. The van der Waals surface area contributed by atoms with E-state index in [1.165, 1.54) is 5.56 Å². The highest BCUT2D eigenvalue weighted by Crippen LogP contribution is 2.25. The molecule has 4 heterocycles. The van der Waals surface area contributed by atoms with Gasteiger partial charge >= 0.3 is 5.97 Å². The first kappa shape index (κ1) is 25.8. The summed E-state index contributed by atoms with van der Waals surface area (Å²) in [5, 5.41) is 16.7. The van der Waals surface area contributed by atoms with E-state index in [4.69, 9.17) is 4.98 Å². The molecule has 2 aliphatic rings. The number of pyridine rings is 1. The number of aromatic amines is 1. The van der Waals surface area contributed by atoms with Gasteiger partial charge < -0.3 is 25.6 Å². The first-order valence-electron chi connectivity index (χ1n) is 13.5. The Morgan fingerprint density at radius 2 is 2.05 bits per heavy atom. The van der Waals surface area contributed by atoms with E-state index in [-0.39, 0.29) is 30.7 Å². The van der Waals surface area contributed by atoms with Crippen LogP contribution >= 0.6 is 0 Å².